The SMILES string of the molecule is CCC1CCCCC1NCCC(=O)NC. The second-order valence-corrected chi connectivity index (χ2v) is 4.44. The van der Waals surface area contributed by atoms with Crippen molar-refractivity contribution < 1.29 is 4.79 Å². The molecule has 3 heteroatoms. The van der Waals surface area contributed by atoms with Gasteiger partial charge in [-0.3, -0.25) is 4.79 Å². The standard InChI is InChI=1S/C12H24N2O/c1-3-10-6-4-5-7-11(10)14-9-8-12(15)13-2/h10-11,14H,3-9H2,1-2H3,(H,13,15). The van der Waals surface area contributed by atoms with Crippen molar-refractivity contribution in [2.24, 2.45) is 5.92 Å². The fourth-order valence-corrected chi connectivity index (χ4v) is 2.46. The maximum atomic E-state index is 11.1. The zero-order valence-electron chi connectivity index (χ0n) is 10.0. The average molecular weight is 212 g/mol. The molecule has 1 aliphatic rings. The first-order valence-electron chi connectivity index (χ1n) is 6.22. The van der Waals surface area contributed by atoms with Gasteiger partial charge in [-0.2, -0.15) is 0 Å². The zero-order chi connectivity index (χ0) is 11.1. The third-order valence-corrected chi connectivity index (χ3v) is 3.47. The fraction of sp³-hybridized carbons (Fsp3) is 0.917. The van der Waals surface area contributed by atoms with Crippen LogP contribution in [0.3, 0.4) is 0 Å². The topological polar surface area (TPSA) is 41.1 Å². The molecule has 1 aliphatic carbocycles. The molecule has 0 spiro atoms. The summed E-state index contributed by atoms with van der Waals surface area (Å²) in [6.07, 6.45) is 7.22. The molecule has 1 fully saturated rings. The van der Waals surface area contributed by atoms with Gasteiger partial charge < -0.3 is 10.6 Å². The minimum Gasteiger partial charge on any atom is -0.359 e. The van der Waals surface area contributed by atoms with E-state index in [0.29, 0.717) is 12.5 Å². The zero-order valence-corrected chi connectivity index (χ0v) is 10.0. The molecule has 2 N–H and O–H groups in total. The molecular formula is C12H24N2O. The monoisotopic (exact) mass is 212 g/mol. The molecule has 3 nitrogen and oxygen atoms in total. The van der Waals surface area contributed by atoms with Crippen molar-refractivity contribution >= 4 is 5.91 Å². The van der Waals surface area contributed by atoms with E-state index in [1.807, 2.05) is 0 Å². The van der Waals surface area contributed by atoms with E-state index >= 15 is 0 Å². The molecule has 0 radical (unpaired) electrons. The summed E-state index contributed by atoms with van der Waals surface area (Å²) in [4.78, 5) is 11.1. The van der Waals surface area contributed by atoms with E-state index in [0.717, 1.165) is 12.5 Å². The summed E-state index contributed by atoms with van der Waals surface area (Å²) in [7, 11) is 1.69. The molecule has 1 amide bonds. The maximum absolute atomic E-state index is 11.1. The highest BCUT2D eigenvalue weighted by Gasteiger charge is 2.22. The number of carbonyl (C=O) groups is 1. The van der Waals surface area contributed by atoms with Crippen molar-refractivity contribution in [2.75, 3.05) is 13.6 Å². The van der Waals surface area contributed by atoms with Crippen molar-refractivity contribution in [3.8, 4) is 0 Å². The van der Waals surface area contributed by atoms with Crippen LogP contribution >= 0.6 is 0 Å². The van der Waals surface area contributed by atoms with Gasteiger partial charge in [-0.1, -0.05) is 26.2 Å². The molecule has 15 heavy (non-hydrogen) atoms. The van der Waals surface area contributed by atoms with E-state index in [-0.39, 0.29) is 5.91 Å². The Kier molecular flexibility index (Phi) is 5.69. The molecule has 0 saturated heterocycles. The van der Waals surface area contributed by atoms with Gasteiger partial charge in [0.2, 0.25) is 5.91 Å². The molecule has 0 aliphatic heterocycles. The Labute approximate surface area is 93.0 Å². The Morgan fingerprint density at radius 2 is 2.07 bits per heavy atom. The molecule has 0 aromatic rings. The van der Waals surface area contributed by atoms with Crippen molar-refractivity contribution in [1.29, 1.82) is 0 Å². The number of hydrogen-bond acceptors (Lipinski definition) is 2. The molecule has 0 heterocycles. The summed E-state index contributed by atoms with van der Waals surface area (Å²) < 4.78 is 0. The number of hydrogen-bond donors (Lipinski definition) is 2. The van der Waals surface area contributed by atoms with Gasteiger partial charge >= 0.3 is 0 Å². The maximum Gasteiger partial charge on any atom is 0.221 e. The van der Waals surface area contributed by atoms with Crippen LogP contribution in [0.1, 0.15) is 45.4 Å². The van der Waals surface area contributed by atoms with Gasteiger partial charge in [-0.25, -0.2) is 0 Å². The van der Waals surface area contributed by atoms with Gasteiger partial charge in [0, 0.05) is 26.1 Å². The number of carbonyl (C=O) groups excluding carboxylic acids is 1. The van der Waals surface area contributed by atoms with Gasteiger partial charge in [-0.15, -0.1) is 0 Å². The normalized spacial score (nSPS) is 26.3. The van der Waals surface area contributed by atoms with Crippen LogP contribution in [-0.2, 0) is 4.79 Å². The highest BCUT2D eigenvalue weighted by molar-refractivity contribution is 5.75. The van der Waals surface area contributed by atoms with E-state index < -0.39 is 0 Å². The predicted molar refractivity (Wildman–Crippen MR) is 62.7 cm³/mol. The van der Waals surface area contributed by atoms with Crippen LogP contribution in [0.15, 0.2) is 0 Å². The second-order valence-electron chi connectivity index (χ2n) is 4.44. The minimum absolute atomic E-state index is 0.131. The summed E-state index contributed by atoms with van der Waals surface area (Å²) in [5.74, 6) is 0.954. The Balaban J connectivity index is 2.20. The third-order valence-electron chi connectivity index (χ3n) is 3.47. The molecule has 2 atom stereocenters. The smallest absolute Gasteiger partial charge is 0.221 e. The first kappa shape index (κ1) is 12.5. The Bertz CT molecular complexity index is 194. The Morgan fingerprint density at radius 1 is 1.33 bits per heavy atom. The number of amides is 1. The van der Waals surface area contributed by atoms with Gasteiger partial charge in [0.05, 0.1) is 0 Å². The van der Waals surface area contributed by atoms with E-state index in [1.54, 1.807) is 7.05 Å². The van der Waals surface area contributed by atoms with Crippen LogP contribution in [0.5, 0.6) is 0 Å². The lowest BCUT2D eigenvalue weighted by atomic mass is 9.83. The van der Waals surface area contributed by atoms with E-state index in [9.17, 15) is 4.79 Å². The lowest BCUT2D eigenvalue weighted by Crippen LogP contribution is -2.39. The molecule has 1 rings (SSSR count). The molecular weight excluding hydrogens is 188 g/mol. The van der Waals surface area contributed by atoms with E-state index in [4.69, 9.17) is 0 Å². The van der Waals surface area contributed by atoms with Crippen LogP contribution in [-0.4, -0.2) is 25.5 Å². The molecule has 0 bridgehead atoms. The summed E-state index contributed by atoms with van der Waals surface area (Å²) in [5, 5.41) is 6.18. The molecule has 0 aromatic carbocycles. The highest BCUT2D eigenvalue weighted by atomic mass is 16.1. The van der Waals surface area contributed by atoms with E-state index in [1.165, 1.54) is 32.1 Å². The van der Waals surface area contributed by atoms with Crippen molar-refractivity contribution in [3.05, 3.63) is 0 Å². The van der Waals surface area contributed by atoms with Crippen molar-refractivity contribution in [3.63, 3.8) is 0 Å². The van der Waals surface area contributed by atoms with Crippen LogP contribution < -0.4 is 10.6 Å². The quantitative estimate of drug-likeness (QED) is 0.728. The lowest BCUT2D eigenvalue weighted by Gasteiger charge is -2.31. The number of nitrogens with one attached hydrogen (secondary N) is 2. The van der Waals surface area contributed by atoms with Crippen molar-refractivity contribution in [2.45, 2.75) is 51.5 Å². The summed E-state index contributed by atoms with van der Waals surface area (Å²) in [5.41, 5.74) is 0. The van der Waals surface area contributed by atoms with Crippen LogP contribution in [0.2, 0.25) is 0 Å². The van der Waals surface area contributed by atoms with E-state index in [2.05, 4.69) is 17.6 Å². The Hall–Kier alpha value is -0.570. The molecule has 1 saturated carbocycles. The van der Waals surface area contributed by atoms with Gasteiger partial charge in [-0.05, 0) is 18.8 Å². The Morgan fingerprint density at radius 3 is 2.73 bits per heavy atom. The fourth-order valence-electron chi connectivity index (χ4n) is 2.46. The average Bonchev–Trinajstić information content (AvgIpc) is 2.29. The molecule has 0 aromatic heterocycles. The van der Waals surface area contributed by atoms with Crippen LogP contribution in [0, 0.1) is 5.92 Å². The highest BCUT2D eigenvalue weighted by Crippen LogP contribution is 2.26. The van der Waals surface area contributed by atoms with Crippen molar-refractivity contribution in [1.82, 2.24) is 10.6 Å². The van der Waals surface area contributed by atoms with Crippen LogP contribution in [0.4, 0.5) is 0 Å². The predicted octanol–water partition coefficient (Wildman–Crippen LogP) is 1.68. The van der Waals surface area contributed by atoms with Gasteiger partial charge in [0.1, 0.15) is 0 Å². The number of rotatable bonds is 5. The summed E-state index contributed by atoms with van der Waals surface area (Å²) in [6, 6.07) is 0.647. The molecule has 88 valence electrons. The third kappa shape index (κ3) is 4.20. The molecule has 2 unspecified atom stereocenters. The minimum atomic E-state index is 0.131. The van der Waals surface area contributed by atoms with Crippen LogP contribution in [0.25, 0.3) is 0 Å². The lowest BCUT2D eigenvalue weighted by molar-refractivity contribution is -0.120. The first-order chi connectivity index (χ1) is 7.27. The van der Waals surface area contributed by atoms with Gasteiger partial charge in [0.25, 0.3) is 0 Å². The summed E-state index contributed by atoms with van der Waals surface area (Å²) >= 11 is 0. The van der Waals surface area contributed by atoms with Gasteiger partial charge in [0.15, 0.2) is 0 Å². The summed E-state index contributed by atoms with van der Waals surface area (Å²) in [6.45, 7) is 3.09. The largest absolute Gasteiger partial charge is 0.359 e. The first-order valence-corrected chi connectivity index (χ1v) is 6.22. The second kappa shape index (κ2) is 6.83.